The second kappa shape index (κ2) is 15.9. The molecule has 0 radical (unpaired) electrons. The monoisotopic (exact) mass is 668 g/mol. The highest BCUT2D eigenvalue weighted by molar-refractivity contribution is 5.89. The molecule has 2 heterocycles. The molecule has 3 aromatic carbocycles. The fourth-order valence-electron chi connectivity index (χ4n) is 7.71. The van der Waals surface area contributed by atoms with Crippen LogP contribution in [0.4, 0.5) is 10.5 Å². The van der Waals surface area contributed by atoms with Crippen molar-refractivity contribution < 1.29 is 24.2 Å². The minimum Gasteiger partial charge on any atom is -0.392 e. The van der Waals surface area contributed by atoms with Crippen molar-refractivity contribution >= 4 is 17.6 Å². The number of urea groups is 1. The summed E-state index contributed by atoms with van der Waals surface area (Å²) in [5.41, 5.74) is 4.01. The van der Waals surface area contributed by atoms with Gasteiger partial charge in [0.1, 0.15) is 0 Å². The van der Waals surface area contributed by atoms with Crippen LogP contribution in [0.2, 0.25) is 0 Å². The summed E-state index contributed by atoms with van der Waals surface area (Å²) < 4.78 is 13.4. The Morgan fingerprint density at radius 1 is 0.857 bits per heavy atom. The predicted octanol–water partition coefficient (Wildman–Crippen LogP) is 6.98. The molecule has 2 aliphatic heterocycles. The van der Waals surface area contributed by atoms with E-state index in [1.165, 1.54) is 19.3 Å². The Morgan fingerprint density at radius 3 is 2.39 bits per heavy atom. The van der Waals surface area contributed by atoms with E-state index in [2.05, 4.69) is 20.9 Å². The number of nitrogens with zero attached hydrogens (tertiary/aromatic N) is 1. The van der Waals surface area contributed by atoms with Gasteiger partial charge in [-0.2, -0.15) is 0 Å². The topological polar surface area (TPSA) is 112 Å². The number of benzene rings is 3. The Balaban J connectivity index is 1.23. The maximum Gasteiger partial charge on any atom is 0.319 e. The van der Waals surface area contributed by atoms with Crippen molar-refractivity contribution in [3.05, 3.63) is 101 Å². The van der Waals surface area contributed by atoms with E-state index in [9.17, 15) is 14.7 Å². The number of hydrogen-bond acceptors (Lipinski definition) is 6. The summed E-state index contributed by atoms with van der Waals surface area (Å²) in [5.74, 6) is 0.696. The number of likely N-dealkylation sites (tertiary alicyclic amines) is 1. The van der Waals surface area contributed by atoms with E-state index >= 15 is 0 Å². The average Bonchev–Trinajstić information content (AvgIpc) is 3.10. The summed E-state index contributed by atoms with van der Waals surface area (Å²) in [5, 5.41) is 18.8. The molecule has 0 spiro atoms. The molecule has 49 heavy (non-hydrogen) atoms. The van der Waals surface area contributed by atoms with Crippen molar-refractivity contribution in [2.24, 2.45) is 5.92 Å². The van der Waals surface area contributed by atoms with Crippen LogP contribution in [0, 0.1) is 5.92 Å². The lowest BCUT2D eigenvalue weighted by Crippen LogP contribution is -2.61. The first kappa shape index (κ1) is 35.1. The smallest absolute Gasteiger partial charge is 0.319 e. The molecule has 1 saturated carbocycles. The van der Waals surface area contributed by atoms with E-state index in [1.807, 2.05) is 99.6 Å². The van der Waals surface area contributed by atoms with Crippen LogP contribution in [0.25, 0.3) is 0 Å². The van der Waals surface area contributed by atoms with Gasteiger partial charge in [-0.05, 0) is 81.2 Å². The van der Waals surface area contributed by atoms with Gasteiger partial charge >= 0.3 is 6.03 Å². The molecular formula is C40H52N4O5. The van der Waals surface area contributed by atoms with Gasteiger partial charge in [-0.3, -0.25) is 9.69 Å². The van der Waals surface area contributed by atoms with E-state index in [0.717, 1.165) is 41.5 Å². The Kier molecular flexibility index (Phi) is 11.3. The molecule has 6 rings (SSSR count). The Morgan fingerprint density at radius 2 is 1.63 bits per heavy atom. The van der Waals surface area contributed by atoms with Crippen molar-refractivity contribution in [2.45, 2.75) is 115 Å². The molecule has 6 unspecified atom stereocenters. The summed E-state index contributed by atoms with van der Waals surface area (Å²) in [7, 11) is 0. The van der Waals surface area contributed by atoms with Crippen molar-refractivity contribution in [1.82, 2.24) is 15.5 Å². The lowest BCUT2D eigenvalue weighted by molar-refractivity contribution is -0.255. The third-order valence-electron chi connectivity index (χ3n) is 10.0. The molecule has 0 aromatic heterocycles. The number of amides is 3. The van der Waals surface area contributed by atoms with Crippen LogP contribution >= 0.6 is 0 Å². The van der Waals surface area contributed by atoms with E-state index in [0.29, 0.717) is 37.2 Å². The third-order valence-corrected chi connectivity index (χ3v) is 10.0. The normalized spacial score (nSPS) is 26.0. The molecule has 3 amide bonds. The molecule has 0 bridgehead atoms. The van der Waals surface area contributed by atoms with Gasteiger partial charge in [0.25, 0.3) is 0 Å². The summed E-state index contributed by atoms with van der Waals surface area (Å²) in [4.78, 5) is 29.0. The summed E-state index contributed by atoms with van der Waals surface area (Å²) in [6, 6.07) is 25.2. The third kappa shape index (κ3) is 9.28. The maximum absolute atomic E-state index is 13.7. The number of fused-ring (bicyclic) bond motifs is 1. The van der Waals surface area contributed by atoms with Gasteiger partial charge in [-0.1, -0.05) is 79.6 Å². The first-order valence-electron chi connectivity index (χ1n) is 17.9. The molecule has 3 aromatic rings. The molecule has 4 N–H and O–H groups in total. The number of aliphatic hydroxyl groups excluding tert-OH is 1. The Labute approximate surface area is 290 Å². The first-order chi connectivity index (χ1) is 23.6. The van der Waals surface area contributed by atoms with E-state index in [-0.39, 0.29) is 42.3 Å². The molecule has 262 valence electrons. The van der Waals surface area contributed by atoms with Crippen LogP contribution in [-0.4, -0.2) is 52.2 Å². The SMILES string of the molecule is CC(C)(C)NC(=O)C1CCC2CCCCC2N1CC1CC(c2ccc(CO)cc2)OC(c2cccc(NC(=O)NCc3ccccc3)c2)O1. The molecule has 3 aliphatic rings. The number of aliphatic hydroxyl groups is 1. The van der Waals surface area contributed by atoms with Gasteiger partial charge in [0.2, 0.25) is 5.91 Å². The highest BCUT2D eigenvalue weighted by atomic mass is 16.7. The van der Waals surface area contributed by atoms with Crippen molar-refractivity contribution in [3.63, 3.8) is 0 Å². The largest absolute Gasteiger partial charge is 0.392 e. The number of carbonyl (C=O) groups excluding carboxylic acids is 2. The lowest BCUT2D eigenvalue weighted by Gasteiger charge is -2.50. The summed E-state index contributed by atoms with van der Waals surface area (Å²) >= 11 is 0. The van der Waals surface area contributed by atoms with Crippen molar-refractivity contribution in [1.29, 1.82) is 0 Å². The Bertz CT molecular complexity index is 1540. The number of hydrogen-bond donors (Lipinski definition) is 4. The van der Waals surface area contributed by atoms with Gasteiger partial charge in [0.15, 0.2) is 6.29 Å². The van der Waals surface area contributed by atoms with Crippen molar-refractivity contribution in [2.75, 3.05) is 11.9 Å². The van der Waals surface area contributed by atoms with Gasteiger partial charge < -0.3 is 30.5 Å². The van der Waals surface area contributed by atoms with Gasteiger partial charge in [-0.25, -0.2) is 4.79 Å². The van der Waals surface area contributed by atoms with E-state index in [1.54, 1.807) is 0 Å². The average molecular weight is 669 g/mol. The highest BCUT2D eigenvalue weighted by Crippen LogP contribution is 2.42. The molecule has 2 saturated heterocycles. The van der Waals surface area contributed by atoms with Crippen LogP contribution < -0.4 is 16.0 Å². The zero-order chi connectivity index (χ0) is 34.4. The molecule has 3 fully saturated rings. The summed E-state index contributed by atoms with van der Waals surface area (Å²) in [6.45, 7) is 7.15. The second-order valence-corrected chi connectivity index (χ2v) is 14.9. The predicted molar refractivity (Wildman–Crippen MR) is 191 cm³/mol. The minimum absolute atomic E-state index is 0.0194. The highest BCUT2D eigenvalue weighted by Gasteiger charge is 2.44. The molecule has 9 heteroatoms. The quantitative estimate of drug-likeness (QED) is 0.196. The van der Waals surface area contributed by atoms with Crippen LogP contribution in [0.5, 0.6) is 0 Å². The van der Waals surface area contributed by atoms with Gasteiger partial charge in [0, 0.05) is 42.3 Å². The second-order valence-electron chi connectivity index (χ2n) is 14.9. The standard InChI is InChI=1S/C40H52N4O5/c1-40(2,3)43-37(46)35-21-20-29-12-7-8-15-34(29)44(35)25-33-23-36(30-18-16-28(26-45)17-19-30)49-38(48-33)31-13-9-14-32(22-31)42-39(47)41-24-27-10-5-4-6-11-27/h4-6,9-11,13-14,16-19,22,29,33-36,38,45H,7-8,12,15,20-21,23-26H2,1-3H3,(H,43,46)(H2,41,42,47). The summed E-state index contributed by atoms with van der Waals surface area (Å²) in [6.07, 6.45) is 6.19. The number of piperidine rings is 1. The molecule has 6 atom stereocenters. The maximum atomic E-state index is 13.7. The molecule has 9 nitrogen and oxygen atoms in total. The zero-order valence-corrected chi connectivity index (χ0v) is 29.1. The zero-order valence-electron chi connectivity index (χ0n) is 29.1. The first-order valence-corrected chi connectivity index (χ1v) is 17.9. The number of carbonyl (C=O) groups is 2. The van der Waals surface area contributed by atoms with E-state index in [4.69, 9.17) is 9.47 Å². The van der Waals surface area contributed by atoms with Gasteiger partial charge in [0.05, 0.1) is 24.9 Å². The lowest BCUT2D eigenvalue weighted by atomic mass is 9.75. The molecular weight excluding hydrogens is 616 g/mol. The number of rotatable bonds is 9. The van der Waals surface area contributed by atoms with Crippen LogP contribution in [0.15, 0.2) is 78.9 Å². The minimum atomic E-state index is -0.677. The van der Waals surface area contributed by atoms with Crippen LogP contribution in [0.3, 0.4) is 0 Å². The molecule has 1 aliphatic carbocycles. The van der Waals surface area contributed by atoms with Crippen LogP contribution in [-0.2, 0) is 27.4 Å². The number of nitrogens with one attached hydrogen (secondary N) is 3. The number of ether oxygens (including phenoxy) is 2. The number of anilines is 1. The van der Waals surface area contributed by atoms with Crippen molar-refractivity contribution in [3.8, 4) is 0 Å². The fourth-order valence-corrected chi connectivity index (χ4v) is 7.71. The van der Waals surface area contributed by atoms with E-state index < -0.39 is 6.29 Å². The Hall–Kier alpha value is -3.76. The fraction of sp³-hybridized carbons (Fsp3) is 0.500. The van der Waals surface area contributed by atoms with Crippen LogP contribution in [0.1, 0.15) is 100 Å². The van der Waals surface area contributed by atoms with Gasteiger partial charge in [-0.15, -0.1) is 0 Å².